The third-order valence-corrected chi connectivity index (χ3v) is 7.49. The lowest BCUT2D eigenvalue weighted by atomic mass is 10.1. The third kappa shape index (κ3) is 4.11. The van der Waals surface area contributed by atoms with Crippen molar-refractivity contribution in [2.75, 3.05) is 13.1 Å². The maximum Gasteiger partial charge on any atom is 0.240 e. The average molecular weight is 418 g/mol. The van der Waals surface area contributed by atoms with Gasteiger partial charge in [0.15, 0.2) is 16.2 Å². The fourth-order valence-electron chi connectivity index (χ4n) is 3.70. The molecule has 2 unspecified atom stereocenters. The van der Waals surface area contributed by atoms with Crippen LogP contribution in [0.3, 0.4) is 0 Å². The highest BCUT2D eigenvalue weighted by atomic mass is 32.3. The zero-order chi connectivity index (χ0) is 19.7. The summed E-state index contributed by atoms with van der Waals surface area (Å²) in [5, 5.41) is 7.97. The van der Waals surface area contributed by atoms with Gasteiger partial charge in [-0.05, 0) is 46.9 Å². The van der Waals surface area contributed by atoms with Gasteiger partial charge in [0.25, 0.3) is 0 Å². The molecule has 4 rings (SSSR count). The van der Waals surface area contributed by atoms with Crippen molar-refractivity contribution in [2.45, 2.75) is 37.8 Å². The molecular formula is C20H23N3O3S2. The molecule has 0 aliphatic carbocycles. The molecule has 0 spiro atoms. The Bertz CT molecular complexity index is 963. The second kappa shape index (κ2) is 7.88. The minimum absolute atomic E-state index is 0.108. The van der Waals surface area contributed by atoms with Crippen LogP contribution in [0, 0.1) is 13.8 Å². The standard InChI is InChI=1S/C20H23N3O3S2/c1-14-20(15(2)26-21-14)28(24,25)22-19-7-9-23(12-19)11-16-3-5-17(6-4-16)18-8-10-27-13-18/h3-6,8,10,13,19H,7,9,11-12H2,1-2H3,(H-,22,24,25). The average Bonchev–Trinajstić information content (AvgIpc) is 3.38. The minimum atomic E-state index is -3.62. The van der Waals surface area contributed by atoms with Crippen molar-refractivity contribution in [3.05, 3.63) is 58.1 Å². The first kappa shape index (κ1) is 19.5. The van der Waals surface area contributed by atoms with E-state index >= 15 is 0 Å². The van der Waals surface area contributed by atoms with Gasteiger partial charge in [-0.25, -0.2) is 0 Å². The lowest BCUT2D eigenvalue weighted by Gasteiger charge is -2.20. The lowest BCUT2D eigenvalue weighted by Crippen LogP contribution is -2.41. The van der Waals surface area contributed by atoms with Gasteiger partial charge in [0, 0.05) is 26.6 Å². The lowest BCUT2D eigenvalue weighted by molar-refractivity contribution is 0.323. The highest BCUT2D eigenvalue weighted by Crippen LogP contribution is 2.25. The highest BCUT2D eigenvalue weighted by Gasteiger charge is 2.35. The number of thiophene rings is 1. The number of aromatic nitrogens is 1. The quantitative estimate of drug-likeness (QED) is 0.617. The van der Waals surface area contributed by atoms with Gasteiger partial charge in [0.2, 0.25) is 4.90 Å². The van der Waals surface area contributed by atoms with Crippen molar-refractivity contribution in [2.24, 2.45) is 0 Å². The second-order valence-electron chi connectivity index (χ2n) is 7.20. The number of aryl methyl sites for hydroxylation is 2. The van der Waals surface area contributed by atoms with Crippen molar-refractivity contribution < 1.29 is 13.3 Å². The van der Waals surface area contributed by atoms with Crippen molar-refractivity contribution in [3.8, 4) is 11.1 Å². The van der Waals surface area contributed by atoms with Crippen molar-refractivity contribution >= 4 is 21.7 Å². The van der Waals surface area contributed by atoms with Gasteiger partial charge in [0.1, 0.15) is 5.69 Å². The molecule has 148 valence electrons. The summed E-state index contributed by atoms with van der Waals surface area (Å²) in [5.74, 6) is 0.325. The van der Waals surface area contributed by atoms with E-state index in [1.165, 1.54) is 16.7 Å². The summed E-state index contributed by atoms with van der Waals surface area (Å²) < 4.78 is 33.2. The van der Waals surface area contributed by atoms with E-state index in [1.807, 2.05) is 0 Å². The predicted molar refractivity (Wildman–Crippen MR) is 110 cm³/mol. The maximum absolute atomic E-state index is 12.7. The molecule has 0 radical (unpaired) electrons. The number of hydrogen-bond donors (Lipinski definition) is 1. The molecule has 8 heteroatoms. The fraction of sp³-hybridized carbons (Fsp3) is 0.350. The molecule has 6 nitrogen and oxygen atoms in total. The molecule has 0 saturated carbocycles. The van der Waals surface area contributed by atoms with Crippen LogP contribution in [0.5, 0.6) is 0 Å². The summed E-state index contributed by atoms with van der Waals surface area (Å²) in [7, 11) is -3.62. The summed E-state index contributed by atoms with van der Waals surface area (Å²) in [4.78, 5) is 2.44. The van der Waals surface area contributed by atoms with E-state index in [0.717, 1.165) is 19.5 Å². The normalized spacial score (nSPS) is 19.8. The summed E-state index contributed by atoms with van der Waals surface area (Å²) in [5.41, 5.74) is 4.09. The van der Waals surface area contributed by atoms with Crippen LogP contribution in [-0.2, 0) is 21.2 Å². The fourth-order valence-corrected chi connectivity index (χ4v) is 5.95. The highest BCUT2D eigenvalue weighted by molar-refractivity contribution is 7.95. The Kier molecular flexibility index (Phi) is 5.48. The molecule has 3 aromatic rings. The first-order valence-electron chi connectivity index (χ1n) is 9.21. The first-order valence-corrected chi connectivity index (χ1v) is 11.6. The van der Waals surface area contributed by atoms with Crippen LogP contribution in [0.2, 0.25) is 0 Å². The Balaban J connectivity index is 1.36. The van der Waals surface area contributed by atoms with E-state index in [1.54, 1.807) is 25.2 Å². The Morgan fingerprint density at radius 1 is 1.29 bits per heavy atom. The van der Waals surface area contributed by atoms with Crippen LogP contribution in [0.15, 0.2) is 50.5 Å². The van der Waals surface area contributed by atoms with Crippen LogP contribution in [0.4, 0.5) is 0 Å². The Hall–Kier alpha value is -1.84. The molecule has 28 heavy (non-hydrogen) atoms. The van der Waals surface area contributed by atoms with Gasteiger partial charge in [0.05, 0.1) is 6.04 Å². The molecule has 0 amide bonds. The van der Waals surface area contributed by atoms with E-state index in [4.69, 9.17) is 4.52 Å². The zero-order valence-electron chi connectivity index (χ0n) is 15.9. The molecule has 2 atom stereocenters. The summed E-state index contributed by atoms with van der Waals surface area (Å²) in [6.45, 7) is 5.63. The van der Waals surface area contributed by atoms with Gasteiger partial charge in [-0.2, -0.15) is 11.3 Å². The van der Waals surface area contributed by atoms with E-state index < -0.39 is 10.4 Å². The molecule has 1 N–H and O–H groups in total. The maximum atomic E-state index is 12.7. The number of nitrogens with zero attached hydrogens (tertiary/aromatic N) is 2. The molecule has 1 fully saturated rings. The zero-order valence-corrected chi connectivity index (χ0v) is 17.5. The van der Waals surface area contributed by atoms with Gasteiger partial charge >= 0.3 is 0 Å². The number of nitrogens with one attached hydrogen (secondary N) is 1. The van der Waals surface area contributed by atoms with Crippen molar-refractivity contribution in [1.82, 2.24) is 14.8 Å². The van der Waals surface area contributed by atoms with Gasteiger partial charge in [-0.15, -0.1) is 4.72 Å². The SMILES string of the molecule is Cc1noc(C)c1[S+](=O)([O-])NC1CCN(Cc2ccc(-c3ccsc3)cc2)C1. The van der Waals surface area contributed by atoms with Gasteiger partial charge in [-0.1, -0.05) is 33.6 Å². The number of rotatable bonds is 6. The van der Waals surface area contributed by atoms with Crippen LogP contribution in [0.1, 0.15) is 23.4 Å². The number of benzene rings is 1. The Labute approximate surface area is 169 Å². The van der Waals surface area contributed by atoms with Crippen LogP contribution < -0.4 is 4.72 Å². The number of sulfonamides is 1. The molecule has 1 saturated heterocycles. The minimum Gasteiger partial charge on any atom is -0.593 e. The first-order chi connectivity index (χ1) is 13.4. The van der Waals surface area contributed by atoms with E-state index in [-0.39, 0.29) is 10.9 Å². The van der Waals surface area contributed by atoms with Crippen LogP contribution >= 0.6 is 11.3 Å². The van der Waals surface area contributed by atoms with Crippen molar-refractivity contribution in [1.29, 1.82) is 0 Å². The third-order valence-electron chi connectivity index (χ3n) is 5.05. The molecule has 1 aromatic carbocycles. The Morgan fingerprint density at radius 2 is 2.07 bits per heavy atom. The van der Waals surface area contributed by atoms with E-state index in [0.29, 0.717) is 18.0 Å². The van der Waals surface area contributed by atoms with Crippen LogP contribution in [0.25, 0.3) is 11.1 Å². The molecular weight excluding hydrogens is 394 g/mol. The summed E-state index contributed by atoms with van der Waals surface area (Å²) in [6.07, 6.45) is 0.787. The molecule has 3 heterocycles. The van der Waals surface area contributed by atoms with Gasteiger partial charge in [-0.3, -0.25) is 4.90 Å². The second-order valence-corrected chi connectivity index (χ2v) is 9.64. The number of likely N-dealkylation sites (tertiary alicyclic amines) is 1. The number of hydrogen-bond acceptors (Lipinski definition) is 6. The smallest absolute Gasteiger partial charge is 0.240 e. The predicted octanol–water partition coefficient (Wildman–Crippen LogP) is 3.79. The van der Waals surface area contributed by atoms with E-state index in [9.17, 15) is 8.76 Å². The molecule has 1 aliphatic heterocycles. The summed E-state index contributed by atoms with van der Waals surface area (Å²) >= 11 is 1.70. The Morgan fingerprint density at radius 3 is 2.71 bits per heavy atom. The monoisotopic (exact) mass is 417 g/mol. The van der Waals surface area contributed by atoms with E-state index in [2.05, 4.69) is 55.9 Å². The topological polar surface area (TPSA) is 81.4 Å². The summed E-state index contributed by atoms with van der Waals surface area (Å²) in [6, 6.07) is 10.6. The molecule has 2 aromatic heterocycles. The molecule has 0 bridgehead atoms. The largest absolute Gasteiger partial charge is 0.593 e. The van der Waals surface area contributed by atoms with Crippen LogP contribution in [-0.4, -0.2) is 33.7 Å². The van der Waals surface area contributed by atoms with Gasteiger partial charge < -0.3 is 9.08 Å². The van der Waals surface area contributed by atoms with Crippen molar-refractivity contribution in [3.63, 3.8) is 0 Å². The molecule has 1 aliphatic rings.